The van der Waals surface area contributed by atoms with Crippen molar-refractivity contribution in [1.29, 1.82) is 0 Å². The topological polar surface area (TPSA) is 172 Å². The Morgan fingerprint density at radius 2 is 0.464 bits per heavy atom. The molecule has 0 spiro atoms. The molecule has 0 aromatic heterocycles. The molecule has 142 valence electrons. The molecule has 3 aromatic carbocycles. The van der Waals surface area contributed by atoms with Gasteiger partial charge in [0.1, 0.15) is 0 Å². The summed E-state index contributed by atoms with van der Waals surface area (Å²) in [7, 11) is 0. The third-order valence-electron chi connectivity index (χ3n) is 2.55. The van der Waals surface area contributed by atoms with Crippen LogP contribution in [0.3, 0.4) is 0 Å². The van der Waals surface area contributed by atoms with Crippen LogP contribution in [-0.4, -0.2) is 0 Å². The van der Waals surface area contributed by atoms with Crippen LogP contribution in [0.25, 0.3) is 0 Å². The molecule has 0 radical (unpaired) electrons. The first-order valence-electron chi connectivity index (χ1n) is 7.07. The predicted molar refractivity (Wildman–Crippen MR) is 77.4 cm³/mol. The summed E-state index contributed by atoms with van der Waals surface area (Å²) < 4.78 is 16.4. The predicted octanol–water partition coefficient (Wildman–Crippen LogP) is -0.741. The molecule has 0 N–H and O–H groups in total. The van der Waals surface area contributed by atoms with E-state index < -0.39 is 34.5 Å². The molecule has 0 bridgehead atoms. The van der Waals surface area contributed by atoms with Gasteiger partial charge in [0, 0.05) is 0 Å². The van der Waals surface area contributed by atoms with Gasteiger partial charge in [-0.05, 0) is 0 Å². The molecule has 28 heavy (non-hydrogen) atoms. The van der Waals surface area contributed by atoms with Crippen molar-refractivity contribution in [2.24, 2.45) is 0 Å². The number of rotatable bonds is 0. The molecular weight excluding hydrogens is 446 g/mol. The molecule has 0 heterocycles. The first kappa shape index (κ1) is 27.4. The van der Waals surface area contributed by atoms with Crippen molar-refractivity contribution >= 4 is 0 Å². The monoisotopic (exact) mass is 458 g/mol. The summed E-state index contributed by atoms with van der Waals surface area (Å²) in [6.45, 7) is 0. The Kier molecular flexibility index (Phi) is 17.3. The average molecular weight is 458 g/mol. The van der Waals surface area contributed by atoms with Gasteiger partial charge in [0.05, 0.1) is 0 Å². The van der Waals surface area contributed by atoms with E-state index in [1.54, 1.807) is 36.4 Å². The van der Waals surface area contributed by atoms with Gasteiger partial charge in [0.2, 0.25) is 0 Å². The van der Waals surface area contributed by atoms with Crippen LogP contribution >= 0.6 is 0 Å². The van der Waals surface area contributed by atoms with E-state index in [1.165, 1.54) is 36.4 Å². The van der Waals surface area contributed by atoms with Crippen LogP contribution in [-0.2, 0) is 42.1 Å². The molecule has 0 unspecified atom stereocenters. The number of hydrogen-bond acceptors (Lipinski definition) is 8. The summed E-state index contributed by atoms with van der Waals surface area (Å²) >= 11 is 2.12. The van der Waals surface area contributed by atoms with E-state index in [0.717, 1.165) is 34.7 Å². The fourth-order valence-electron chi connectivity index (χ4n) is 1.35. The van der Waals surface area contributed by atoms with Crippen LogP contribution in [0.2, 0.25) is 0 Å². The molecule has 0 aliphatic heterocycles. The summed E-state index contributed by atoms with van der Waals surface area (Å²) in [4.78, 5) is 0. The van der Waals surface area contributed by atoms with Crippen molar-refractivity contribution in [3.63, 3.8) is 0 Å². The van der Waals surface area contributed by atoms with Gasteiger partial charge in [-0.2, -0.15) is 0 Å². The molecule has 0 atom stereocenters. The van der Waals surface area contributed by atoms with Gasteiger partial charge >= 0.3 is 42.1 Å². The van der Waals surface area contributed by atoms with Crippen molar-refractivity contribution in [3.05, 3.63) is 72.8 Å². The molecule has 0 aliphatic carbocycles. The molecular formula is C18H12O8V2. The standard InChI is InChI=1S/3C6H6O2.2O.2V/c3*7-5-3-1-2-4-6(5)8;;;;/h3*1-4,7-8H;;;;/q;;;;;2*+3/p-6. The van der Waals surface area contributed by atoms with Crippen LogP contribution < -0.4 is 30.6 Å². The van der Waals surface area contributed by atoms with Crippen LogP contribution in [0.1, 0.15) is 0 Å². The van der Waals surface area contributed by atoms with E-state index in [9.17, 15) is 30.6 Å². The molecule has 0 amide bonds. The molecule has 3 aromatic rings. The maximum absolute atomic E-state index is 10.3. The third kappa shape index (κ3) is 12.6. The van der Waals surface area contributed by atoms with Crippen LogP contribution in [0.5, 0.6) is 34.5 Å². The SMILES string of the molecule is [O-]c1ccccc1[O-].[O-]c1ccccc1[O-].[O-]c1ccccc1[O-].[O]=[V+3].[O]=[V+3]. The van der Waals surface area contributed by atoms with Gasteiger partial charge in [-0.25, -0.2) is 0 Å². The van der Waals surface area contributed by atoms with Crippen molar-refractivity contribution in [2.45, 2.75) is 0 Å². The minimum atomic E-state index is -0.437. The molecule has 0 saturated carbocycles. The van der Waals surface area contributed by atoms with Crippen molar-refractivity contribution < 1.29 is 72.7 Å². The van der Waals surface area contributed by atoms with Gasteiger partial charge in [0.15, 0.2) is 0 Å². The van der Waals surface area contributed by atoms with Crippen molar-refractivity contribution in [1.82, 2.24) is 0 Å². The van der Waals surface area contributed by atoms with Crippen molar-refractivity contribution in [3.8, 4) is 34.5 Å². The Labute approximate surface area is 179 Å². The van der Waals surface area contributed by atoms with E-state index in [1.807, 2.05) is 0 Å². The summed E-state index contributed by atoms with van der Waals surface area (Å²) in [6.07, 6.45) is 0. The Balaban J connectivity index is 0. The minimum absolute atomic E-state index is 0.437. The summed E-state index contributed by atoms with van der Waals surface area (Å²) in [6, 6.07) is 16.8. The fourth-order valence-corrected chi connectivity index (χ4v) is 1.35. The molecule has 0 aliphatic rings. The molecule has 3 rings (SSSR count). The van der Waals surface area contributed by atoms with E-state index >= 15 is 0 Å². The zero-order valence-electron chi connectivity index (χ0n) is 14.1. The van der Waals surface area contributed by atoms with E-state index in [2.05, 4.69) is 0 Å². The number of hydrogen-bond donors (Lipinski definition) is 0. The second-order valence-electron chi connectivity index (χ2n) is 4.34. The zero-order chi connectivity index (χ0) is 21.9. The van der Waals surface area contributed by atoms with E-state index in [0.29, 0.717) is 0 Å². The number of para-hydroxylation sites is 6. The maximum atomic E-state index is 10.3. The second-order valence-corrected chi connectivity index (χ2v) is 4.34. The normalized spacial score (nSPS) is 8.14. The van der Waals surface area contributed by atoms with Crippen LogP contribution in [0, 0.1) is 0 Å². The molecule has 8 nitrogen and oxygen atoms in total. The van der Waals surface area contributed by atoms with E-state index in [4.69, 9.17) is 7.35 Å². The molecule has 0 fully saturated rings. The Morgan fingerprint density at radius 3 is 0.536 bits per heavy atom. The first-order chi connectivity index (χ1) is 13.4. The Morgan fingerprint density at radius 1 is 0.357 bits per heavy atom. The molecule has 10 heteroatoms. The second kappa shape index (κ2) is 17.6. The van der Waals surface area contributed by atoms with Crippen LogP contribution in [0.4, 0.5) is 0 Å². The summed E-state index contributed by atoms with van der Waals surface area (Å²) in [5, 5.41) is 61.8. The summed E-state index contributed by atoms with van der Waals surface area (Å²) in [5.74, 6) is -2.62. The Hall–Kier alpha value is -2.77. The number of benzene rings is 3. The van der Waals surface area contributed by atoms with Gasteiger partial charge in [0.25, 0.3) is 0 Å². The van der Waals surface area contributed by atoms with Gasteiger partial charge < -0.3 is 30.6 Å². The first-order valence-corrected chi connectivity index (χ1v) is 8.21. The van der Waals surface area contributed by atoms with Gasteiger partial charge in [-0.15, -0.1) is 34.5 Å². The van der Waals surface area contributed by atoms with Crippen molar-refractivity contribution in [2.75, 3.05) is 0 Å². The molecule has 0 saturated heterocycles. The van der Waals surface area contributed by atoms with Gasteiger partial charge in [-0.1, -0.05) is 72.8 Å². The van der Waals surface area contributed by atoms with Crippen LogP contribution in [0.15, 0.2) is 72.8 Å². The zero-order valence-corrected chi connectivity index (χ0v) is 16.9. The average Bonchev–Trinajstić information content (AvgIpc) is 2.73. The summed E-state index contributed by atoms with van der Waals surface area (Å²) in [5.41, 5.74) is 0. The quantitative estimate of drug-likeness (QED) is 0.424. The Bertz CT molecular complexity index is 633. The van der Waals surface area contributed by atoms with Gasteiger partial charge in [-0.3, -0.25) is 0 Å². The fraction of sp³-hybridized carbons (Fsp3) is 0. The van der Waals surface area contributed by atoms with E-state index in [-0.39, 0.29) is 0 Å². The third-order valence-corrected chi connectivity index (χ3v) is 2.55.